The third-order valence-corrected chi connectivity index (χ3v) is 13.6. The fourth-order valence-electron chi connectivity index (χ4n) is 9.23. The largest absolute Gasteiger partial charge is 0.394 e. The Balaban J connectivity index is 3.39. The maximum Gasteiger partial charge on any atom is 0.220 e. The summed E-state index contributed by atoms with van der Waals surface area (Å²) in [6.45, 7) is 4.17. The van der Waals surface area contributed by atoms with E-state index in [0.717, 1.165) is 38.5 Å². The molecule has 0 bridgehead atoms. The van der Waals surface area contributed by atoms with E-state index in [-0.39, 0.29) is 12.5 Å². The van der Waals surface area contributed by atoms with Crippen LogP contribution >= 0.6 is 0 Å². The predicted octanol–water partition coefficient (Wildman–Crippen LogP) is 17.5. The van der Waals surface area contributed by atoms with Gasteiger partial charge in [-0.2, -0.15) is 0 Å². The Morgan fingerprint density at radius 3 is 0.935 bits per heavy atom. The topological polar surface area (TPSA) is 89.8 Å². The Labute approximate surface area is 389 Å². The van der Waals surface area contributed by atoms with Crippen LogP contribution in [0.2, 0.25) is 0 Å². The molecule has 62 heavy (non-hydrogen) atoms. The zero-order valence-electron chi connectivity index (χ0n) is 42.3. The van der Waals surface area contributed by atoms with E-state index in [1.54, 1.807) is 0 Å². The van der Waals surface area contributed by atoms with Crippen LogP contribution in [0.5, 0.6) is 0 Å². The second-order valence-corrected chi connectivity index (χ2v) is 19.9. The minimum Gasteiger partial charge on any atom is -0.394 e. The minimum atomic E-state index is -1.15. The fourth-order valence-corrected chi connectivity index (χ4v) is 9.23. The summed E-state index contributed by atoms with van der Waals surface area (Å²) >= 11 is 0. The molecule has 5 nitrogen and oxygen atoms in total. The van der Waals surface area contributed by atoms with Gasteiger partial charge in [-0.1, -0.05) is 289 Å². The molecule has 3 unspecified atom stereocenters. The highest BCUT2D eigenvalue weighted by Gasteiger charge is 2.26. The molecular formula is C57H113NO4. The van der Waals surface area contributed by atoms with Crippen LogP contribution in [0.15, 0.2) is 12.2 Å². The lowest BCUT2D eigenvalue weighted by molar-refractivity contribution is -0.124. The number of rotatable bonds is 53. The van der Waals surface area contributed by atoms with Crippen LogP contribution in [0.1, 0.15) is 322 Å². The third-order valence-electron chi connectivity index (χ3n) is 13.6. The third kappa shape index (κ3) is 47.1. The summed E-state index contributed by atoms with van der Waals surface area (Å²) in [6.07, 6.45) is 65.5. The molecule has 3 atom stereocenters. The van der Waals surface area contributed by atoms with Crippen LogP contribution in [-0.2, 0) is 4.79 Å². The lowest BCUT2D eigenvalue weighted by Gasteiger charge is -2.26. The fraction of sp³-hybridized carbons (Fsp3) is 0.947. The molecule has 4 N–H and O–H groups in total. The van der Waals surface area contributed by atoms with Crippen LogP contribution in [0, 0.1) is 0 Å². The number of unbranched alkanes of at least 4 members (excludes halogenated alkanes) is 43. The predicted molar refractivity (Wildman–Crippen MR) is 273 cm³/mol. The number of amides is 1. The molecule has 0 aromatic carbocycles. The number of nitrogens with one attached hydrogen (secondary N) is 1. The number of aliphatic hydroxyl groups is 3. The molecule has 0 aliphatic heterocycles. The molecule has 370 valence electrons. The normalized spacial score (nSPS) is 13.3. The molecule has 0 radical (unpaired) electrons. The quantitative estimate of drug-likeness (QED) is 0.0362. The monoisotopic (exact) mass is 876 g/mol. The highest BCUT2D eigenvalue weighted by Crippen LogP contribution is 2.18. The van der Waals surface area contributed by atoms with Gasteiger partial charge in [-0.05, 0) is 38.5 Å². The average Bonchev–Trinajstić information content (AvgIpc) is 3.28. The van der Waals surface area contributed by atoms with Gasteiger partial charge in [0.05, 0.1) is 18.8 Å². The van der Waals surface area contributed by atoms with E-state index < -0.39 is 18.2 Å². The molecule has 5 heteroatoms. The molecule has 0 aliphatic carbocycles. The Hall–Kier alpha value is -0.910. The molecule has 0 saturated carbocycles. The number of allylic oxidation sites excluding steroid dienone is 2. The van der Waals surface area contributed by atoms with Crippen molar-refractivity contribution in [2.75, 3.05) is 6.61 Å². The van der Waals surface area contributed by atoms with Gasteiger partial charge in [0.25, 0.3) is 0 Å². The van der Waals surface area contributed by atoms with Crippen LogP contribution in [-0.4, -0.2) is 46.1 Å². The van der Waals surface area contributed by atoms with Gasteiger partial charge in [0.1, 0.15) is 6.10 Å². The van der Waals surface area contributed by atoms with Gasteiger partial charge in [0.15, 0.2) is 0 Å². The Bertz CT molecular complexity index is 879. The molecular weight excluding hydrogens is 763 g/mol. The minimum absolute atomic E-state index is 0.149. The van der Waals surface area contributed by atoms with Crippen molar-refractivity contribution in [2.45, 2.75) is 340 Å². The summed E-state index contributed by atoms with van der Waals surface area (Å²) in [4.78, 5) is 12.5. The lowest BCUT2D eigenvalue weighted by atomic mass is 10.0. The summed E-state index contributed by atoms with van der Waals surface area (Å²) in [7, 11) is 0. The lowest BCUT2D eigenvalue weighted by Crippen LogP contribution is -2.50. The number of aliphatic hydroxyl groups excluding tert-OH is 3. The molecule has 0 aliphatic rings. The zero-order valence-corrected chi connectivity index (χ0v) is 42.3. The van der Waals surface area contributed by atoms with Crippen molar-refractivity contribution < 1.29 is 20.1 Å². The summed E-state index contributed by atoms with van der Waals surface area (Å²) in [5.41, 5.74) is 0. The number of hydrogen-bond acceptors (Lipinski definition) is 4. The molecule has 0 aromatic heterocycles. The van der Waals surface area contributed by atoms with Gasteiger partial charge >= 0.3 is 0 Å². The first kappa shape index (κ1) is 61.1. The van der Waals surface area contributed by atoms with Crippen LogP contribution in [0.3, 0.4) is 0 Å². The van der Waals surface area contributed by atoms with E-state index in [2.05, 4.69) is 31.3 Å². The Kier molecular flexibility index (Phi) is 51.9. The molecule has 0 aromatic rings. The Morgan fingerprint density at radius 2 is 0.645 bits per heavy atom. The van der Waals surface area contributed by atoms with Crippen molar-refractivity contribution in [3.63, 3.8) is 0 Å². The molecule has 0 fully saturated rings. The van der Waals surface area contributed by atoms with Crippen molar-refractivity contribution >= 4 is 5.91 Å². The molecule has 1 amide bonds. The van der Waals surface area contributed by atoms with Crippen molar-refractivity contribution in [1.82, 2.24) is 5.32 Å². The second kappa shape index (κ2) is 52.7. The van der Waals surface area contributed by atoms with Crippen LogP contribution in [0.4, 0.5) is 0 Å². The average molecular weight is 877 g/mol. The first-order valence-electron chi connectivity index (χ1n) is 28.5. The van der Waals surface area contributed by atoms with Crippen molar-refractivity contribution in [2.24, 2.45) is 0 Å². The number of carbonyl (C=O) groups is 1. The first-order chi connectivity index (χ1) is 30.6. The van der Waals surface area contributed by atoms with Gasteiger partial charge in [-0.3, -0.25) is 4.79 Å². The SMILES string of the molecule is CCCCCCCC/C=C/CCCC(O)C(O)C(CO)NC(=O)CCCCCCCCCCCCCCCCCCCCCCCCCCCCCCCCCCCCCCC. The highest BCUT2D eigenvalue weighted by molar-refractivity contribution is 5.76. The second-order valence-electron chi connectivity index (χ2n) is 19.9. The maximum absolute atomic E-state index is 12.5. The van der Waals surface area contributed by atoms with E-state index in [4.69, 9.17) is 0 Å². The molecule has 0 saturated heterocycles. The van der Waals surface area contributed by atoms with Crippen molar-refractivity contribution in [1.29, 1.82) is 0 Å². The standard InChI is InChI=1S/C57H113NO4/c1-3-5-7-9-11-13-15-16-17-18-19-20-21-22-23-24-25-26-27-28-29-30-31-32-33-34-35-36-37-38-39-40-42-44-46-48-50-52-56(61)58-54(53-59)57(62)55(60)51-49-47-45-43-41-14-12-10-8-6-4-2/h43,45,54-55,57,59-60,62H,3-42,44,46-53H2,1-2H3,(H,58,61)/b45-43+. The van der Waals surface area contributed by atoms with Crippen LogP contribution < -0.4 is 5.32 Å². The smallest absolute Gasteiger partial charge is 0.220 e. The van der Waals surface area contributed by atoms with E-state index in [1.165, 1.54) is 257 Å². The highest BCUT2D eigenvalue weighted by atomic mass is 16.3. The van der Waals surface area contributed by atoms with Gasteiger partial charge < -0.3 is 20.6 Å². The summed E-state index contributed by atoms with van der Waals surface area (Å²) < 4.78 is 0. The van der Waals surface area contributed by atoms with Gasteiger partial charge in [0.2, 0.25) is 5.91 Å². The number of carbonyl (C=O) groups excluding carboxylic acids is 1. The zero-order chi connectivity index (χ0) is 45.1. The summed E-state index contributed by atoms with van der Waals surface area (Å²) in [5.74, 6) is -0.149. The van der Waals surface area contributed by atoms with E-state index >= 15 is 0 Å². The summed E-state index contributed by atoms with van der Waals surface area (Å²) in [5, 5.41) is 33.5. The Morgan fingerprint density at radius 1 is 0.387 bits per heavy atom. The van der Waals surface area contributed by atoms with Gasteiger partial charge in [0, 0.05) is 6.42 Å². The summed E-state index contributed by atoms with van der Waals surface area (Å²) in [6, 6.07) is -0.821. The van der Waals surface area contributed by atoms with Crippen molar-refractivity contribution in [3.05, 3.63) is 12.2 Å². The van der Waals surface area contributed by atoms with Crippen molar-refractivity contribution in [3.8, 4) is 0 Å². The molecule has 0 rings (SSSR count). The van der Waals surface area contributed by atoms with E-state index in [9.17, 15) is 20.1 Å². The van der Waals surface area contributed by atoms with Gasteiger partial charge in [-0.15, -0.1) is 0 Å². The first-order valence-corrected chi connectivity index (χ1v) is 28.5. The molecule has 0 heterocycles. The van der Waals surface area contributed by atoms with E-state index in [0.29, 0.717) is 12.8 Å². The number of hydrogen-bond donors (Lipinski definition) is 4. The van der Waals surface area contributed by atoms with E-state index in [1.807, 2.05) is 0 Å². The molecule has 0 spiro atoms. The maximum atomic E-state index is 12.5. The van der Waals surface area contributed by atoms with Crippen LogP contribution in [0.25, 0.3) is 0 Å². The van der Waals surface area contributed by atoms with Gasteiger partial charge in [-0.25, -0.2) is 0 Å².